The van der Waals surface area contributed by atoms with Crippen LogP contribution in [0.1, 0.15) is 74.9 Å². The van der Waals surface area contributed by atoms with Gasteiger partial charge in [-0.1, -0.05) is 126 Å². The van der Waals surface area contributed by atoms with E-state index in [1.54, 1.807) is 0 Å². The van der Waals surface area contributed by atoms with Crippen molar-refractivity contribution in [1.29, 1.82) is 0 Å². The van der Waals surface area contributed by atoms with E-state index in [0.717, 1.165) is 56.0 Å². The van der Waals surface area contributed by atoms with Crippen molar-refractivity contribution < 1.29 is 8.83 Å². The Hall–Kier alpha value is -6.63. The Balaban J connectivity index is 1.22. The van der Waals surface area contributed by atoms with Gasteiger partial charge in [0, 0.05) is 55.7 Å². The van der Waals surface area contributed by atoms with Crippen LogP contribution >= 0.6 is 11.8 Å². The number of thioether (sulfide) groups is 1. The van der Waals surface area contributed by atoms with Crippen molar-refractivity contribution in [3.63, 3.8) is 0 Å². The first-order valence-electron chi connectivity index (χ1n) is 23.1. The molecule has 7 aromatic carbocycles. The van der Waals surface area contributed by atoms with Crippen LogP contribution in [0.2, 0.25) is 0 Å². The predicted octanol–water partition coefficient (Wildman–Crippen LogP) is 15.9. The van der Waals surface area contributed by atoms with Crippen LogP contribution in [0.15, 0.2) is 166 Å². The van der Waals surface area contributed by atoms with Gasteiger partial charge in [0.15, 0.2) is 0 Å². The van der Waals surface area contributed by atoms with E-state index in [4.69, 9.17) is 8.83 Å². The highest BCUT2D eigenvalue weighted by atomic mass is 32.2. The molecule has 0 N–H and O–H groups in total. The maximum atomic E-state index is 6.59. The lowest BCUT2D eigenvalue weighted by molar-refractivity contribution is 0.589. The van der Waals surface area contributed by atoms with Crippen LogP contribution in [0.25, 0.3) is 50.1 Å². The van der Waals surface area contributed by atoms with Crippen molar-refractivity contribution in [1.82, 2.24) is 0 Å². The van der Waals surface area contributed by atoms with E-state index < -0.39 is 0 Å². The zero-order valence-corrected chi connectivity index (χ0v) is 40.4. The van der Waals surface area contributed by atoms with Gasteiger partial charge >= 0.3 is 0 Å². The molecule has 2 aromatic heterocycles. The molecule has 0 fully saturated rings. The average molecular weight is 879 g/mol. The second-order valence-electron chi connectivity index (χ2n) is 20.4. The molecule has 6 heteroatoms. The number of aryl methyl sites for hydroxylation is 3. The Morgan fingerprint density at radius 1 is 0.545 bits per heavy atom. The third-order valence-electron chi connectivity index (χ3n) is 13.7. The van der Waals surface area contributed by atoms with Crippen molar-refractivity contribution in [2.45, 2.75) is 78.0 Å². The van der Waals surface area contributed by atoms with Crippen molar-refractivity contribution in [2.24, 2.45) is 0 Å². The molecule has 0 atom stereocenters. The van der Waals surface area contributed by atoms with Gasteiger partial charge in [-0.25, -0.2) is 0 Å². The first kappa shape index (κ1) is 42.0. The number of anilines is 5. The summed E-state index contributed by atoms with van der Waals surface area (Å²) in [4.78, 5) is 6.30. The third-order valence-corrected chi connectivity index (χ3v) is 14.5. The van der Waals surface area contributed by atoms with Crippen molar-refractivity contribution in [3.05, 3.63) is 185 Å². The molecule has 0 unspecified atom stereocenters. The van der Waals surface area contributed by atoms with E-state index in [-0.39, 0.29) is 17.5 Å². The van der Waals surface area contributed by atoms with E-state index in [1.165, 1.54) is 71.7 Å². The number of fused-ring (bicyclic) bond motifs is 4. The second-order valence-corrected chi connectivity index (χ2v) is 21.3. The van der Waals surface area contributed by atoms with Crippen molar-refractivity contribution in [3.8, 4) is 22.6 Å². The van der Waals surface area contributed by atoms with Crippen LogP contribution in [0.3, 0.4) is 0 Å². The van der Waals surface area contributed by atoms with E-state index in [9.17, 15) is 0 Å². The lowest BCUT2D eigenvalue weighted by atomic mass is 9.32. The van der Waals surface area contributed by atoms with Gasteiger partial charge in [0.25, 0.3) is 6.71 Å². The van der Waals surface area contributed by atoms with Crippen LogP contribution in [0.5, 0.6) is 0 Å². The fourth-order valence-electron chi connectivity index (χ4n) is 10.4. The number of para-hydroxylation sites is 2. The summed E-state index contributed by atoms with van der Waals surface area (Å²) in [5, 5.41) is 2.18. The van der Waals surface area contributed by atoms with E-state index >= 15 is 0 Å². The Kier molecular flexibility index (Phi) is 9.87. The minimum absolute atomic E-state index is 0.0214. The van der Waals surface area contributed by atoms with Crippen LogP contribution in [0, 0.1) is 20.8 Å². The number of rotatable bonds is 6. The zero-order chi connectivity index (χ0) is 45.8. The highest BCUT2D eigenvalue weighted by Gasteiger charge is 2.44. The highest BCUT2D eigenvalue weighted by molar-refractivity contribution is 7.98. The summed E-state index contributed by atoms with van der Waals surface area (Å²) in [6.45, 7) is 20.6. The van der Waals surface area contributed by atoms with Gasteiger partial charge in [-0.3, -0.25) is 0 Å². The number of hydrogen-bond acceptors (Lipinski definition) is 5. The van der Waals surface area contributed by atoms with E-state index in [0.29, 0.717) is 0 Å². The first-order chi connectivity index (χ1) is 31.6. The molecule has 326 valence electrons. The topological polar surface area (TPSA) is 32.8 Å². The van der Waals surface area contributed by atoms with Gasteiger partial charge in [-0.15, -0.1) is 11.8 Å². The molecule has 4 nitrogen and oxygen atoms in total. The molecule has 0 aliphatic carbocycles. The zero-order valence-electron chi connectivity index (χ0n) is 39.6. The van der Waals surface area contributed by atoms with E-state index in [2.05, 4.69) is 206 Å². The minimum Gasteiger partial charge on any atom is -0.456 e. The molecule has 9 aromatic rings. The van der Waals surface area contributed by atoms with Gasteiger partial charge in [0.05, 0.1) is 5.69 Å². The maximum absolute atomic E-state index is 6.59. The Bertz CT molecular complexity index is 3360. The number of nitrogens with zero attached hydrogens (tertiary/aromatic N) is 2. The second kappa shape index (κ2) is 15.5. The van der Waals surface area contributed by atoms with Gasteiger partial charge in [0.2, 0.25) is 0 Å². The normalized spacial score (nSPS) is 13.7. The van der Waals surface area contributed by atoms with Crippen LogP contribution in [-0.2, 0) is 10.8 Å². The van der Waals surface area contributed by atoms with Crippen LogP contribution in [0.4, 0.5) is 28.4 Å². The van der Waals surface area contributed by atoms with E-state index in [1.807, 2.05) is 36.0 Å². The number of furan rings is 2. The molecule has 66 heavy (non-hydrogen) atoms. The van der Waals surface area contributed by atoms with Gasteiger partial charge in [-0.2, -0.15) is 0 Å². The molecular formula is C60H55BN2O2S. The van der Waals surface area contributed by atoms with Gasteiger partial charge < -0.3 is 18.6 Å². The molecule has 0 amide bonds. The lowest BCUT2D eigenvalue weighted by Crippen LogP contribution is -2.54. The molecular weight excluding hydrogens is 824 g/mol. The number of benzene rings is 7. The fraction of sp³-hybridized carbons (Fsp3) is 0.200. The lowest BCUT2D eigenvalue weighted by Gasteiger charge is -2.44. The molecule has 4 heterocycles. The highest BCUT2D eigenvalue weighted by Crippen LogP contribution is 2.49. The summed E-state index contributed by atoms with van der Waals surface area (Å²) in [6, 6.07) is 53.5. The van der Waals surface area contributed by atoms with Gasteiger partial charge in [0.1, 0.15) is 22.7 Å². The quantitative estimate of drug-likeness (QED) is 0.123. The summed E-state index contributed by atoms with van der Waals surface area (Å²) < 4.78 is 13.1. The van der Waals surface area contributed by atoms with Gasteiger partial charge in [-0.05, 0) is 148 Å². The Morgan fingerprint density at radius 3 is 1.79 bits per heavy atom. The summed E-state index contributed by atoms with van der Waals surface area (Å²) in [5.74, 6) is 1.70. The predicted molar refractivity (Wildman–Crippen MR) is 283 cm³/mol. The summed E-state index contributed by atoms with van der Waals surface area (Å²) in [5.41, 5.74) is 21.1. The molecule has 0 saturated heterocycles. The molecule has 0 spiro atoms. The molecule has 2 aliphatic rings. The average Bonchev–Trinajstić information content (AvgIpc) is 3.94. The molecule has 0 saturated carbocycles. The summed E-state index contributed by atoms with van der Waals surface area (Å²) >= 11 is 1.83. The first-order valence-corrected chi connectivity index (χ1v) is 24.4. The summed E-state index contributed by atoms with van der Waals surface area (Å²) in [6.07, 6.45) is 4.70. The standard InChI is InChI=1S/C60H55BN2O2S/c1-36-26-50-57-51(27-36)63(45-19-15-18-39(30-45)54-32-40-16-11-13-20-52(40)64-54)49-31-42(55-33-41-17-12-14-21-53(41)65-55)22-24-47(49)61(57)48(46-34-43(59(4,5)6)23-25-56(46)66-10)35-62(50)58-37(2)28-44(29-38(58)3)60(7,8)9/h11-35H,1-10H3. The molecule has 0 bridgehead atoms. The van der Waals surface area contributed by atoms with Crippen molar-refractivity contribution in [2.75, 3.05) is 16.1 Å². The Morgan fingerprint density at radius 2 is 1.17 bits per heavy atom. The molecule has 0 radical (unpaired) electrons. The largest absolute Gasteiger partial charge is 0.456 e. The monoisotopic (exact) mass is 878 g/mol. The smallest absolute Gasteiger partial charge is 0.252 e. The SMILES string of the molecule is CSc1ccc(C(C)(C)C)cc1C1=CN(c2c(C)cc(C(C)(C)C)cc2C)c2cc(C)cc3c2B1c1ccc(-c2cc4ccccc4o2)cc1N3c1cccc(-c2cc3ccccc3o2)c1. The minimum atomic E-state index is -0.0723. The molecule has 2 aliphatic heterocycles. The third kappa shape index (κ3) is 7.00. The number of hydrogen-bond donors (Lipinski definition) is 0. The molecule has 11 rings (SSSR count). The summed E-state index contributed by atoms with van der Waals surface area (Å²) in [7, 11) is 0. The Labute approximate surface area is 394 Å². The van der Waals surface area contributed by atoms with Crippen LogP contribution in [-0.4, -0.2) is 13.0 Å². The van der Waals surface area contributed by atoms with Crippen LogP contribution < -0.4 is 20.7 Å². The maximum Gasteiger partial charge on any atom is 0.252 e. The van der Waals surface area contributed by atoms with Crippen molar-refractivity contribution >= 4 is 85.2 Å². The fourth-order valence-corrected chi connectivity index (χ4v) is 11.0.